The predicted molar refractivity (Wildman–Crippen MR) is 75.2 cm³/mol. The number of carbonyl (C=O) groups excluding carboxylic acids is 1. The zero-order valence-corrected chi connectivity index (χ0v) is 11.7. The van der Waals surface area contributed by atoms with E-state index in [4.69, 9.17) is 9.26 Å². The minimum absolute atomic E-state index is 0.281. The van der Waals surface area contributed by atoms with E-state index in [1.165, 1.54) is 7.11 Å². The monoisotopic (exact) mass is 287 g/mol. The van der Waals surface area contributed by atoms with E-state index < -0.39 is 5.97 Å². The molecule has 1 aromatic carbocycles. The summed E-state index contributed by atoms with van der Waals surface area (Å²) in [5, 5.41) is 3.90. The summed E-state index contributed by atoms with van der Waals surface area (Å²) in [5.41, 5.74) is 3.08. The molecule has 7 nitrogen and oxygen atoms in total. The van der Waals surface area contributed by atoms with Gasteiger partial charge in [-0.2, -0.15) is 0 Å². The number of H-pyrrole nitrogens is 2. The number of aromatic amines is 2. The van der Waals surface area contributed by atoms with E-state index in [2.05, 4.69) is 15.1 Å². The molecular weight excluding hydrogens is 274 g/mol. The van der Waals surface area contributed by atoms with Crippen molar-refractivity contribution >= 4 is 17.0 Å². The third kappa shape index (κ3) is 2.03. The Morgan fingerprint density at radius 2 is 2.05 bits per heavy atom. The number of imidazole rings is 1. The van der Waals surface area contributed by atoms with Gasteiger partial charge in [0.2, 0.25) is 0 Å². The molecule has 0 saturated carbocycles. The molecule has 0 aliphatic carbocycles. The molecule has 0 bridgehead atoms. The maximum absolute atomic E-state index is 11.9. The molecule has 0 amide bonds. The van der Waals surface area contributed by atoms with Gasteiger partial charge in [-0.25, -0.2) is 9.59 Å². The van der Waals surface area contributed by atoms with E-state index in [0.29, 0.717) is 22.5 Å². The largest absolute Gasteiger partial charge is 0.465 e. The van der Waals surface area contributed by atoms with E-state index in [9.17, 15) is 9.59 Å². The van der Waals surface area contributed by atoms with Crippen LogP contribution in [0.15, 0.2) is 21.5 Å². The number of aryl methyl sites for hydroxylation is 2. The second kappa shape index (κ2) is 4.62. The van der Waals surface area contributed by atoms with E-state index in [1.54, 1.807) is 19.1 Å². The number of rotatable bonds is 2. The van der Waals surface area contributed by atoms with Crippen molar-refractivity contribution in [3.8, 4) is 11.1 Å². The quantitative estimate of drug-likeness (QED) is 0.701. The van der Waals surface area contributed by atoms with Gasteiger partial charge in [0.05, 0.1) is 29.4 Å². The van der Waals surface area contributed by atoms with Gasteiger partial charge in [-0.3, -0.25) is 0 Å². The molecule has 7 heteroatoms. The van der Waals surface area contributed by atoms with Crippen LogP contribution in [0.3, 0.4) is 0 Å². The highest BCUT2D eigenvalue weighted by Gasteiger charge is 2.18. The first-order valence-corrected chi connectivity index (χ1v) is 6.29. The number of fused-ring (bicyclic) bond motifs is 1. The van der Waals surface area contributed by atoms with Crippen molar-refractivity contribution in [3.63, 3.8) is 0 Å². The lowest BCUT2D eigenvalue weighted by molar-refractivity contribution is 0.0603. The van der Waals surface area contributed by atoms with Crippen molar-refractivity contribution in [2.24, 2.45) is 0 Å². The molecule has 0 radical (unpaired) electrons. The van der Waals surface area contributed by atoms with Crippen LogP contribution in [0.2, 0.25) is 0 Å². The van der Waals surface area contributed by atoms with Gasteiger partial charge in [0.25, 0.3) is 0 Å². The highest BCUT2D eigenvalue weighted by molar-refractivity contribution is 6.04. The first-order valence-electron chi connectivity index (χ1n) is 6.29. The number of benzene rings is 1. The first kappa shape index (κ1) is 13.2. The Hall–Kier alpha value is -2.83. The number of aromatic nitrogens is 3. The summed E-state index contributed by atoms with van der Waals surface area (Å²) in [6, 6.07) is 3.43. The van der Waals surface area contributed by atoms with Crippen LogP contribution in [0.5, 0.6) is 0 Å². The number of nitrogens with zero attached hydrogens (tertiary/aromatic N) is 1. The van der Waals surface area contributed by atoms with Crippen LogP contribution in [0.1, 0.15) is 21.8 Å². The zero-order chi connectivity index (χ0) is 15.1. The molecule has 0 spiro atoms. The van der Waals surface area contributed by atoms with Gasteiger partial charge < -0.3 is 19.2 Å². The number of hydrogen-bond donors (Lipinski definition) is 2. The van der Waals surface area contributed by atoms with Crippen LogP contribution < -0.4 is 5.69 Å². The summed E-state index contributed by atoms with van der Waals surface area (Å²) in [5.74, 6) is 0.115. The van der Waals surface area contributed by atoms with Crippen LogP contribution in [0, 0.1) is 13.8 Å². The van der Waals surface area contributed by atoms with Crippen LogP contribution in [-0.2, 0) is 4.74 Å². The molecule has 21 heavy (non-hydrogen) atoms. The maximum Gasteiger partial charge on any atom is 0.340 e. The Bertz CT molecular complexity index is 881. The maximum atomic E-state index is 11.9. The lowest BCUT2D eigenvalue weighted by Gasteiger charge is -2.05. The van der Waals surface area contributed by atoms with Gasteiger partial charge >= 0.3 is 11.7 Å². The van der Waals surface area contributed by atoms with Gasteiger partial charge in [0.15, 0.2) is 0 Å². The molecule has 3 aromatic rings. The first-order chi connectivity index (χ1) is 10.0. The molecule has 108 valence electrons. The number of esters is 1. The number of ether oxygens (including phenoxy) is 1. The lowest BCUT2D eigenvalue weighted by Crippen LogP contribution is -2.04. The average molecular weight is 287 g/mol. The Morgan fingerprint density at radius 1 is 1.29 bits per heavy atom. The molecule has 2 heterocycles. The smallest absolute Gasteiger partial charge is 0.340 e. The molecule has 2 aromatic heterocycles. The Kier molecular flexibility index (Phi) is 2.90. The SMILES string of the molecule is COC(=O)c1cc(-c2c(C)noc2C)cc2[nH]c(=O)[nH]c12. The van der Waals surface area contributed by atoms with E-state index in [-0.39, 0.29) is 11.3 Å². The van der Waals surface area contributed by atoms with Crippen molar-refractivity contribution in [2.75, 3.05) is 7.11 Å². The highest BCUT2D eigenvalue weighted by atomic mass is 16.5. The molecule has 0 aliphatic rings. The summed E-state index contributed by atoms with van der Waals surface area (Å²) in [4.78, 5) is 28.7. The van der Waals surface area contributed by atoms with Gasteiger partial charge in [0, 0.05) is 5.56 Å². The van der Waals surface area contributed by atoms with Crippen LogP contribution >= 0.6 is 0 Å². The second-order valence-corrected chi connectivity index (χ2v) is 4.72. The van der Waals surface area contributed by atoms with Crippen molar-refractivity contribution < 1.29 is 14.1 Å². The van der Waals surface area contributed by atoms with Crippen molar-refractivity contribution in [3.05, 3.63) is 39.6 Å². The van der Waals surface area contributed by atoms with Crippen LogP contribution in [0.25, 0.3) is 22.2 Å². The number of nitrogens with one attached hydrogen (secondary N) is 2. The summed E-state index contributed by atoms with van der Waals surface area (Å²) in [7, 11) is 1.29. The van der Waals surface area contributed by atoms with Crippen LogP contribution in [-0.4, -0.2) is 28.2 Å². The summed E-state index contributed by atoms with van der Waals surface area (Å²) in [6.07, 6.45) is 0. The molecule has 0 aliphatic heterocycles. The third-order valence-corrected chi connectivity index (χ3v) is 3.35. The van der Waals surface area contributed by atoms with E-state index in [1.807, 2.05) is 6.92 Å². The minimum atomic E-state index is -0.524. The van der Waals surface area contributed by atoms with Gasteiger partial charge in [-0.15, -0.1) is 0 Å². The van der Waals surface area contributed by atoms with Gasteiger partial charge in [0.1, 0.15) is 5.76 Å². The zero-order valence-electron chi connectivity index (χ0n) is 11.7. The third-order valence-electron chi connectivity index (χ3n) is 3.35. The fourth-order valence-electron chi connectivity index (χ4n) is 2.45. The normalized spacial score (nSPS) is 11.0. The Morgan fingerprint density at radius 3 is 2.67 bits per heavy atom. The highest BCUT2D eigenvalue weighted by Crippen LogP contribution is 2.30. The number of methoxy groups -OCH3 is 1. The predicted octanol–water partition coefficient (Wildman–Crippen LogP) is 1.91. The fourth-order valence-corrected chi connectivity index (χ4v) is 2.45. The Labute approximate surface area is 118 Å². The van der Waals surface area contributed by atoms with Gasteiger partial charge in [-0.05, 0) is 31.5 Å². The molecule has 0 saturated heterocycles. The average Bonchev–Trinajstić information content (AvgIpc) is 2.98. The molecule has 3 rings (SSSR count). The Balaban J connectivity index is 2.35. The molecule has 2 N–H and O–H groups in total. The lowest BCUT2D eigenvalue weighted by atomic mass is 10.0. The van der Waals surface area contributed by atoms with Crippen LogP contribution in [0.4, 0.5) is 0 Å². The summed E-state index contributed by atoms with van der Waals surface area (Å²) < 4.78 is 9.92. The second-order valence-electron chi connectivity index (χ2n) is 4.72. The topological polar surface area (TPSA) is 101 Å². The van der Waals surface area contributed by atoms with Crippen molar-refractivity contribution in [1.29, 1.82) is 0 Å². The standard InChI is InChI=1S/C14H13N3O4/c1-6-11(7(2)21-17-6)8-4-9(13(18)20-3)12-10(5-8)15-14(19)16-12/h4-5H,1-3H3,(H2,15,16,19). The van der Waals surface area contributed by atoms with E-state index in [0.717, 1.165) is 11.1 Å². The fraction of sp³-hybridized carbons (Fsp3) is 0.214. The molecule has 0 atom stereocenters. The van der Waals surface area contributed by atoms with Crippen molar-refractivity contribution in [2.45, 2.75) is 13.8 Å². The molecular formula is C14H13N3O4. The van der Waals surface area contributed by atoms with E-state index >= 15 is 0 Å². The molecule has 0 fully saturated rings. The van der Waals surface area contributed by atoms with Gasteiger partial charge in [-0.1, -0.05) is 5.16 Å². The summed E-state index contributed by atoms with van der Waals surface area (Å²) in [6.45, 7) is 3.60. The summed E-state index contributed by atoms with van der Waals surface area (Å²) >= 11 is 0. The minimum Gasteiger partial charge on any atom is -0.465 e. The number of carbonyl (C=O) groups is 1. The van der Waals surface area contributed by atoms with Crippen molar-refractivity contribution in [1.82, 2.24) is 15.1 Å². The molecule has 0 unspecified atom stereocenters. The number of hydrogen-bond acceptors (Lipinski definition) is 5.